The summed E-state index contributed by atoms with van der Waals surface area (Å²) in [6, 6.07) is 4.66. The summed E-state index contributed by atoms with van der Waals surface area (Å²) in [4.78, 5) is 39.4. The molecule has 2 aromatic heterocycles. The molecule has 0 unspecified atom stereocenters. The van der Waals surface area contributed by atoms with E-state index >= 15 is 0 Å². The van der Waals surface area contributed by atoms with Crippen LogP contribution in [0.3, 0.4) is 0 Å². The molecule has 0 amide bonds. The van der Waals surface area contributed by atoms with E-state index in [1.165, 1.54) is 18.4 Å². The maximum absolute atomic E-state index is 13.8. The van der Waals surface area contributed by atoms with Gasteiger partial charge >= 0.3 is 6.16 Å². The fraction of sp³-hybridized carbons (Fsp3) is 0.375. The molecule has 226 valence electrons. The highest BCUT2D eigenvalue weighted by Crippen LogP contribution is 2.37. The molecule has 0 bridgehead atoms. The van der Waals surface area contributed by atoms with Crippen molar-refractivity contribution in [1.82, 2.24) is 5.16 Å². The SMILES string of the molecule is Cc1cc2c(cc1CC(=O)c1sccc1S(=O)(=O)N(COC(=O)OCCCCO[N+](=O)[O-])c1onc(C)c1Cl)OCO2. The lowest BCUT2D eigenvalue weighted by Gasteiger charge is -2.21. The third-order valence-electron chi connectivity index (χ3n) is 5.89. The van der Waals surface area contributed by atoms with Crippen LogP contribution in [0.25, 0.3) is 0 Å². The molecule has 0 atom stereocenters. The Labute approximate surface area is 247 Å². The molecule has 3 heterocycles. The van der Waals surface area contributed by atoms with Crippen LogP contribution >= 0.6 is 22.9 Å². The molecule has 1 aromatic carbocycles. The Bertz CT molecular complexity index is 1590. The van der Waals surface area contributed by atoms with Crippen molar-refractivity contribution in [3.05, 3.63) is 60.4 Å². The van der Waals surface area contributed by atoms with Crippen molar-refractivity contribution < 1.29 is 51.4 Å². The summed E-state index contributed by atoms with van der Waals surface area (Å²) in [6.07, 6.45) is -0.898. The van der Waals surface area contributed by atoms with Gasteiger partial charge in [-0.2, -0.15) is 4.31 Å². The summed E-state index contributed by atoms with van der Waals surface area (Å²) < 4.78 is 54.0. The Morgan fingerprint density at radius 3 is 2.57 bits per heavy atom. The standard InChI is InChI=1S/C24H24ClN3O12S2/c1-14-9-18-19(38-13-37-18)11-16(14)10-17(29)22-20(5-8-41-22)42(33,34)27(23-21(25)15(2)26-40-23)12-36-24(30)35-6-3-4-7-39-28(31)32/h5,8-9,11H,3-4,6-7,10,12-13H2,1-2H3. The molecule has 15 nitrogen and oxygen atoms in total. The quantitative estimate of drug-likeness (QED) is 0.0598. The van der Waals surface area contributed by atoms with E-state index in [1.807, 2.05) is 0 Å². The van der Waals surface area contributed by atoms with Gasteiger partial charge in [0.2, 0.25) is 6.79 Å². The van der Waals surface area contributed by atoms with Gasteiger partial charge in [0.25, 0.3) is 21.0 Å². The molecule has 0 fully saturated rings. The zero-order valence-electron chi connectivity index (χ0n) is 22.2. The first-order chi connectivity index (χ1) is 20.0. The Morgan fingerprint density at radius 2 is 1.88 bits per heavy atom. The minimum absolute atomic E-state index is 0.0630. The largest absolute Gasteiger partial charge is 0.510 e. The Kier molecular flexibility index (Phi) is 9.74. The summed E-state index contributed by atoms with van der Waals surface area (Å²) >= 11 is 7.16. The molecule has 0 saturated carbocycles. The highest BCUT2D eigenvalue weighted by atomic mass is 35.5. The first-order valence-corrected chi connectivity index (χ1v) is 14.9. The summed E-state index contributed by atoms with van der Waals surface area (Å²) in [5.41, 5.74) is 1.56. The van der Waals surface area contributed by atoms with Gasteiger partial charge < -0.3 is 28.3 Å². The van der Waals surface area contributed by atoms with Crippen LogP contribution in [-0.2, 0) is 30.8 Å². The molecular weight excluding hydrogens is 622 g/mol. The van der Waals surface area contributed by atoms with Crippen molar-refractivity contribution in [2.24, 2.45) is 0 Å². The zero-order valence-corrected chi connectivity index (χ0v) is 24.6. The number of hydrogen-bond acceptors (Lipinski definition) is 14. The van der Waals surface area contributed by atoms with E-state index in [-0.39, 0.29) is 59.8 Å². The number of Topliss-reactive ketones (excluding diaryl/α,β-unsaturated/α-hetero) is 1. The van der Waals surface area contributed by atoms with Gasteiger partial charge in [-0.25, -0.2) is 13.2 Å². The van der Waals surface area contributed by atoms with Crippen molar-refractivity contribution in [3.63, 3.8) is 0 Å². The van der Waals surface area contributed by atoms with Gasteiger partial charge in [0.05, 0.1) is 18.1 Å². The number of sulfonamides is 1. The van der Waals surface area contributed by atoms with E-state index < -0.39 is 39.7 Å². The van der Waals surface area contributed by atoms with Crippen LogP contribution in [0.1, 0.15) is 39.3 Å². The minimum Gasteiger partial charge on any atom is -0.454 e. The number of halogens is 1. The summed E-state index contributed by atoms with van der Waals surface area (Å²) in [7, 11) is -4.60. The van der Waals surface area contributed by atoms with E-state index in [1.54, 1.807) is 19.1 Å². The molecule has 3 aromatic rings. The monoisotopic (exact) mass is 645 g/mol. The lowest BCUT2D eigenvalue weighted by atomic mass is 10.0. The highest BCUT2D eigenvalue weighted by molar-refractivity contribution is 7.93. The topological polar surface area (TPSA) is 187 Å². The molecule has 0 saturated heterocycles. The third kappa shape index (κ3) is 7.03. The van der Waals surface area contributed by atoms with E-state index in [2.05, 4.69) is 9.99 Å². The number of rotatable bonds is 14. The number of ketones is 1. The Balaban J connectivity index is 1.50. The second-order valence-corrected chi connectivity index (χ2v) is 11.8. The molecule has 1 aliphatic rings. The average Bonchev–Trinajstić information content (AvgIpc) is 3.68. The van der Waals surface area contributed by atoms with Crippen molar-refractivity contribution in [3.8, 4) is 11.5 Å². The number of benzene rings is 1. The maximum atomic E-state index is 13.8. The first-order valence-electron chi connectivity index (χ1n) is 12.2. The number of thiophene rings is 1. The van der Waals surface area contributed by atoms with E-state index in [0.29, 0.717) is 21.4 Å². The van der Waals surface area contributed by atoms with Crippen molar-refractivity contribution in [1.29, 1.82) is 0 Å². The van der Waals surface area contributed by atoms with Crippen LogP contribution in [0.15, 0.2) is 33.0 Å². The second kappa shape index (κ2) is 13.3. The maximum Gasteiger partial charge on any atom is 0.510 e. The number of unbranched alkanes of at least 4 members (excludes halogenated alkanes) is 1. The van der Waals surface area contributed by atoms with E-state index in [0.717, 1.165) is 16.9 Å². The van der Waals surface area contributed by atoms with Gasteiger partial charge in [0, 0.05) is 6.42 Å². The predicted molar refractivity (Wildman–Crippen MR) is 145 cm³/mol. The van der Waals surface area contributed by atoms with Crippen LogP contribution in [0.2, 0.25) is 5.02 Å². The van der Waals surface area contributed by atoms with Crippen molar-refractivity contribution >= 4 is 50.8 Å². The fourth-order valence-corrected chi connectivity index (χ4v) is 6.60. The summed E-state index contributed by atoms with van der Waals surface area (Å²) in [5.74, 6) is 0.125. The molecule has 4 rings (SSSR count). The van der Waals surface area contributed by atoms with E-state index in [9.17, 15) is 28.1 Å². The smallest absolute Gasteiger partial charge is 0.454 e. The number of nitrogens with zero attached hydrogens (tertiary/aromatic N) is 3. The average molecular weight is 646 g/mol. The van der Waals surface area contributed by atoms with Crippen LogP contribution < -0.4 is 13.8 Å². The molecule has 42 heavy (non-hydrogen) atoms. The van der Waals surface area contributed by atoms with Crippen LogP contribution in [0, 0.1) is 24.0 Å². The molecule has 1 aliphatic heterocycles. The van der Waals surface area contributed by atoms with Gasteiger partial charge in [-0.15, -0.1) is 21.5 Å². The molecule has 0 aliphatic carbocycles. The van der Waals surface area contributed by atoms with Gasteiger partial charge in [-0.3, -0.25) is 4.79 Å². The highest BCUT2D eigenvalue weighted by Gasteiger charge is 2.36. The van der Waals surface area contributed by atoms with Gasteiger partial charge in [-0.1, -0.05) is 16.8 Å². The van der Waals surface area contributed by atoms with Gasteiger partial charge in [-0.05, 0) is 61.4 Å². The molecular formula is C24H24ClN3O12S2. The number of carbonyl (C=O) groups excluding carboxylic acids is 2. The lowest BCUT2D eigenvalue weighted by Crippen LogP contribution is -2.35. The minimum atomic E-state index is -4.60. The zero-order chi connectivity index (χ0) is 30.4. The number of ether oxygens (including phenoxy) is 4. The fourth-order valence-electron chi connectivity index (χ4n) is 3.74. The summed E-state index contributed by atoms with van der Waals surface area (Å²) in [5, 5.41) is 14.2. The molecule has 0 spiro atoms. The molecule has 18 heteroatoms. The number of fused-ring (bicyclic) bond motifs is 1. The number of anilines is 1. The molecule has 0 radical (unpaired) electrons. The van der Waals surface area contributed by atoms with Crippen LogP contribution in [-0.4, -0.2) is 57.3 Å². The number of carbonyl (C=O) groups is 2. The first kappa shape index (κ1) is 30.9. The van der Waals surface area contributed by atoms with Crippen molar-refractivity contribution in [2.45, 2.75) is 38.0 Å². The van der Waals surface area contributed by atoms with E-state index in [4.69, 9.17) is 35.1 Å². The second-order valence-electron chi connectivity index (χ2n) is 8.72. The summed E-state index contributed by atoms with van der Waals surface area (Å²) in [6.45, 7) is 2.06. The number of aryl methyl sites for hydroxylation is 2. The Hall–Kier alpha value is -4.09. The van der Waals surface area contributed by atoms with Crippen LogP contribution in [0.5, 0.6) is 11.5 Å². The number of aromatic nitrogens is 1. The Morgan fingerprint density at radius 1 is 1.17 bits per heavy atom. The van der Waals surface area contributed by atoms with Gasteiger partial charge in [0.1, 0.15) is 15.6 Å². The van der Waals surface area contributed by atoms with Crippen molar-refractivity contribution in [2.75, 3.05) is 31.0 Å². The number of hydrogen-bond donors (Lipinski definition) is 0. The normalized spacial score (nSPS) is 12.2. The van der Waals surface area contributed by atoms with Gasteiger partial charge in [0.15, 0.2) is 24.0 Å². The lowest BCUT2D eigenvalue weighted by molar-refractivity contribution is -0.757. The third-order valence-corrected chi connectivity index (χ3v) is 9.16. The van der Waals surface area contributed by atoms with Crippen LogP contribution in [0.4, 0.5) is 10.7 Å². The molecule has 0 N–H and O–H groups in total. The predicted octanol–water partition coefficient (Wildman–Crippen LogP) is 4.45.